The molecule has 1 aromatic heterocycles. The molecule has 0 aromatic carbocycles. The van der Waals surface area contributed by atoms with Gasteiger partial charge in [-0.2, -0.15) is 11.3 Å². The second kappa shape index (κ2) is 4.91. The Balaban J connectivity index is 2.39. The smallest absolute Gasteiger partial charge is 0.0494 e. The van der Waals surface area contributed by atoms with E-state index in [-0.39, 0.29) is 12.0 Å². The maximum absolute atomic E-state index is 9.10. The minimum absolute atomic E-state index is 0.0374. The number of aliphatic hydroxyl groups is 1. The first-order chi connectivity index (χ1) is 6.55. The number of thiophene rings is 1. The molecule has 0 saturated heterocycles. The summed E-state index contributed by atoms with van der Waals surface area (Å²) < 4.78 is 0. The molecule has 1 heterocycles. The van der Waals surface area contributed by atoms with Gasteiger partial charge in [-0.3, -0.25) is 0 Å². The number of rotatable bonds is 5. The van der Waals surface area contributed by atoms with E-state index < -0.39 is 0 Å². The first-order valence-corrected chi connectivity index (χ1v) is 5.86. The summed E-state index contributed by atoms with van der Waals surface area (Å²) in [5.74, 6) is 0. The third-order valence-electron chi connectivity index (χ3n) is 2.36. The Bertz CT molecular complexity index is 256. The van der Waals surface area contributed by atoms with Crippen molar-refractivity contribution < 1.29 is 5.11 Å². The van der Waals surface area contributed by atoms with Crippen molar-refractivity contribution in [1.29, 1.82) is 0 Å². The van der Waals surface area contributed by atoms with E-state index in [2.05, 4.69) is 42.9 Å². The monoisotopic (exact) mass is 213 g/mol. The van der Waals surface area contributed by atoms with Crippen LogP contribution in [0.15, 0.2) is 16.8 Å². The molecule has 80 valence electrons. The van der Waals surface area contributed by atoms with Gasteiger partial charge in [-0.25, -0.2) is 0 Å². The van der Waals surface area contributed by atoms with Gasteiger partial charge in [0.25, 0.3) is 0 Å². The second-order valence-corrected chi connectivity index (χ2v) is 5.26. The highest BCUT2D eigenvalue weighted by Crippen LogP contribution is 2.18. The maximum Gasteiger partial charge on any atom is 0.0494 e. The highest BCUT2D eigenvalue weighted by atomic mass is 32.1. The lowest BCUT2D eigenvalue weighted by Gasteiger charge is -2.24. The van der Waals surface area contributed by atoms with E-state index in [0.29, 0.717) is 6.04 Å². The van der Waals surface area contributed by atoms with Crippen LogP contribution in [0.2, 0.25) is 0 Å². The van der Waals surface area contributed by atoms with Gasteiger partial charge >= 0.3 is 0 Å². The molecule has 1 unspecified atom stereocenters. The highest BCUT2D eigenvalue weighted by Gasteiger charge is 2.17. The van der Waals surface area contributed by atoms with E-state index in [1.54, 1.807) is 11.3 Å². The molecule has 2 nitrogen and oxygen atoms in total. The third-order valence-corrected chi connectivity index (χ3v) is 3.06. The highest BCUT2D eigenvalue weighted by molar-refractivity contribution is 7.07. The first-order valence-electron chi connectivity index (χ1n) is 4.91. The van der Waals surface area contributed by atoms with Gasteiger partial charge in [0, 0.05) is 24.6 Å². The van der Waals surface area contributed by atoms with Gasteiger partial charge in [-0.1, -0.05) is 13.8 Å². The van der Waals surface area contributed by atoms with Gasteiger partial charge in [0.15, 0.2) is 0 Å². The Hall–Kier alpha value is -0.380. The van der Waals surface area contributed by atoms with E-state index in [4.69, 9.17) is 5.11 Å². The molecule has 14 heavy (non-hydrogen) atoms. The Kier molecular flexibility index (Phi) is 4.11. The van der Waals surface area contributed by atoms with E-state index >= 15 is 0 Å². The van der Waals surface area contributed by atoms with Crippen LogP contribution in [0.5, 0.6) is 0 Å². The lowest BCUT2D eigenvalue weighted by molar-refractivity contribution is 0.154. The van der Waals surface area contributed by atoms with Crippen LogP contribution in [-0.4, -0.2) is 18.3 Å². The quantitative estimate of drug-likeness (QED) is 0.787. The molecule has 0 aliphatic rings. The normalized spacial score (nSPS) is 14.3. The van der Waals surface area contributed by atoms with E-state index in [1.807, 2.05) is 0 Å². The number of hydrogen-bond acceptors (Lipinski definition) is 3. The van der Waals surface area contributed by atoms with Gasteiger partial charge in [0.05, 0.1) is 0 Å². The molecule has 3 heteroatoms. The summed E-state index contributed by atoms with van der Waals surface area (Å²) in [6, 6.07) is 2.50. The summed E-state index contributed by atoms with van der Waals surface area (Å²) in [5, 5.41) is 16.8. The van der Waals surface area contributed by atoms with Crippen molar-refractivity contribution in [2.75, 3.05) is 13.2 Å². The molecule has 0 aliphatic heterocycles. The van der Waals surface area contributed by atoms with Gasteiger partial charge in [-0.05, 0) is 29.3 Å². The molecule has 0 amide bonds. The molecule has 0 aliphatic carbocycles. The molecule has 2 N–H and O–H groups in total. The predicted molar refractivity (Wildman–Crippen MR) is 61.6 cm³/mol. The summed E-state index contributed by atoms with van der Waals surface area (Å²) in [6.07, 6.45) is 0. The molecule has 1 aromatic rings. The van der Waals surface area contributed by atoms with Gasteiger partial charge in [0.1, 0.15) is 0 Å². The topological polar surface area (TPSA) is 32.3 Å². The van der Waals surface area contributed by atoms with Crippen LogP contribution in [0.4, 0.5) is 0 Å². The van der Waals surface area contributed by atoms with Crippen molar-refractivity contribution in [3.05, 3.63) is 22.4 Å². The first kappa shape index (κ1) is 11.7. The van der Waals surface area contributed by atoms with Crippen molar-refractivity contribution in [2.45, 2.75) is 26.8 Å². The fourth-order valence-corrected chi connectivity index (χ4v) is 1.88. The van der Waals surface area contributed by atoms with Gasteiger partial charge in [0.2, 0.25) is 0 Å². The van der Waals surface area contributed by atoms with Crippen LogP contribution in [0.3, 0.4) is 0 Å². The van der Waals surface area contributed by atoms with Crippen LogP contribution < -0.4 is 5.32 Å². The van der Waals surface area contributed by atoms with Gasteiger partial charge in [-0.15, -0.1) is 0 Å². The van der Waals surface area contributed by atoms with Crippen molar-refractivity contribution in [3.63, 3.8) is 0 Å². The largest absolute Gasteiger partial charge is 0.396 e. The third kappa shape index (κ3) is 3.40. The van der Waals surface area contributed by atoms with E-state index in [9.17, 15) is 0 Å². The summed E-state index contributed by atoms with van der Waals surface area (Å²) in [5.41, 5.74) is 1.29. The van der Waals surface area contributed by atoms with Crippen LogP contribution in [0, 0.1) is 5.41 Å². The molecule has 0 saturated carbocycles. The maximum atomic E-state index is 9.10. The number of nitrogens with one attached hydrogen (secondary N) is 1. The van der Waals surface area contributed by atoms with E-state index in [0.717, 1.165) is 6.54 Å². The Morgan fingerprint density at radius 2 is 2.29 bits per heavy atom. The van der Waals surface area contributed by atoms with Gasteiger partial charge < -0.3 is 10.4 Å². The van der Waals surface area contributed by atoms with Crippen molar-refractivity contribution in [2.24, 2.45) is 5.41 Å². The average Bonchev–Trinajstić information content (AvgIpc) is 2.67. The van der Waals surface area contributed by atoms with Crippen molar-refractivity contribution in [3.8, 4) is 0 Å². The minimum atomic E-state index is -0.0374. The molecule has 1 rings (SSSR count). The zero-order valence-electron chi connectivity index (χ0n) is 9.08. The average molecular weight is 213 g/mol. The lowest BCUT2D eigenvalue weighted by Crippen LogP contribution is -2.33. The standard InChI is InChI=1S/C11H19NOS/c1-9(10-4-5-14-6-10)12-7-11(2,3)8-13/h4-6,9,12-13H,7-8H2,1-3H3. The zero-order chi connectivity index (χ0) is 10.6. The number of hydrogen-bond donors (Lipinski definition) is 2. The Morgan fingerprint density at radius 3 is 2.79 bits per heavy atom. The van der Waals surface area contributed by atoms with Crippen LogP contribution in [-0.2, 0) is 0 Å². The summed E-state index contributed by atoms with van der Waals surface area (Å²) in [6.45, 7) is 7.31. The zero-order valence-corrected chi connectivity index (χ0v) is 9.90. The molecular weight excluding hydrogens is 194 g/mol. The molecule has 0 spiro atoms. The fraction of sp³-hybridized carbons (Fsp3) is 0.636. The number of aliphatic hydroxyl groups excluding tert-OH is 1. The SMILES string of the molecule is CC(NCC(C)(C)CO)c1ccsc1. The molecular formula is C11H19NOS. The summed E-state index contributed by atoms with van der Waals surface area (Å²) in [7, 11) is 0. The minimum Gasteiger partial charge on any atom is -0.396 e. The van der Waals surface area contributed by atoms with Crippen molar-refractivity contribution in [1.82, 2.24) is 5.32 Å². The second-order valence-electron chi connectivity index (χ2n) is 4.48. The fourth-order valence-electron chi connectivity index (χ4n) is 1.12. The van der Waals surface area contributed by atoms with Crippen LogP contribution >= 0.6 is 11.3 Å². The summed E-state index contributed by atoms with van der Waals surface area (Å²) >= 11 is 1.72. The predicted octanol–water partition coefficient (Wildman–Crippen LogP) is 2.42. The molecule has 1 atom stereocenters. The Morgan fingerprint density at radius 1 is 1.57 bits per heavy atom. The van der Waals surface area contributed by atoms with Crippen molar-refractivity contribution >= 4 is 11.3 Å². The van der Waals surface area contributed by atoms with E-state index in [1.165, 1.54) is 5.56 Å². The summed E-state index contributed by atoms with van der Waals surface area (Å²) in [4.78, 5) is 0. The molecule has 0 fully saturated rings. The molecule has 0 radical (unpaired) electrons. The molecule has 0 bridgehead atoms. The Labute approximate surface area is 90.0 Å². The van der Waals surface area contributed by atoms with Crippen LogP contribution in [0.1, 0.15) is 32.4 Å². The lowest BCUT2D eigenvalue weighted by atomic mass is 9.94. The van der Waals surface area contributed by atoms with Crippen LogP contribution in [0.25, 0.3) is 0 Å².